The van der Waals surface area contributed by atoms with E-state index in [2.05, 4.69) is 10.6 Å². The van der Waals surface area contributed by atoms with Gasteiger partial charge in [-0.1, -0.05) is 17.7 Å². The largest absolute Gasteiger partial charge is 0.497 e. The molecule has 1 saturated carbocycles. The summed E-state index contributed by atoms with van der Waals surface area (Å²) in [5, 5.41) is 5.93. The Bertz CT molecular complexity index is 821. The first-order valence-corrected chi connectivity index (χ1v) is 8.60. The van der Waals surface area contributed by atoms with Gasteiger partial charge in [-0.2, -0.15) is 0 Å². The first kappa shape index (κ1) is 18.1. The van der Waals surface area contributed by atoms with Crippen molar-refractivity contribution >= 4 is 34.8 Å². The van der Waals surface area contributed by atoms with Crippen LogP contribution >= 0.6 is 11.6 Å². The molecule has 0 saturated heterocycles. The van der Waals surface area contributed by atoms with Gasteiger partial charge >= 0.3 is 0 Å². The Morgan fingerprint density at radius 3 is 2.65 bits per heavy atom. The Labute approximate surface area is 156 Å². The molecule has 26 heavy (non-hydrogen) atoms. The lowest BCUT2D eigenvalue weighted by molar-refractivity contribution is -0.118. The fraction of sp³-hybridized carbons (Fsp3) is 0.263. The number of carbonyl (C=O) groups is 2. The van der Waals surface area contributed by atoms with Crippen LogP contribution in [0.4, 0.5) is 11.4 Å². The third-order valence-corrected chi connectivity index (χ3v) is 4.20. The van der Waals surface area contributed by atoms with Crippen molar-refractivity contribution in [1.82, 2.24) is 0 Å². The van der Waals surface area contributed by atoms with E-state index in [-0.39, 0.29) is 24.3 Å². The van der Waals surface area contributed by atoms with E-state index in [1.54, 1.807) is 42.5 Å². The highest BCUT2D eigenvalue weighted by Gasteiger charge is 2.29. The summed E-state index contributed by atoms with van der Waals surface area (Å²) in [5.74, 6) is 0.869. The summed E-state index contributed by atoms with van der Waals surface area (Å²) in [7, 11) is 1.53. The summed E-state index contributed by atoms with van der Waals surface area (Å²) in [6.45, 7) is -0.187. The lowest BCUT2D eigenvalue weighted by Crippen LogP contribution is -2.20. The summed E-state index contributed by atoms with van der Waals surface area (Å²) in [6.07, 6.45) is 1.88. The fourth-order valence-corrected chi connectivity index (χ4v) is 2.48. The molecule has 0 radical (unpaired) electrons. The average Bonchev–Trinajstić information content (AvgIpc) is 3.47. The maximum absolute atomic E-state index is 12.1. The molecule has 1 aliphatic rings. The smallest absolute Gasteiger partial charge is 0.262 e. The van der Waals surface area contributed by atoms with Gasteiger partial charge < -0.3 is 20.1 Å². The lowest BCUT2D eigenvalue weighted by Gasteiger charge is -2.11. The van der Waals surface area contributed by atoms with Gasteiger partial charge in [-0.15, -0.1) is 0 Å². The number of benzene rings is 2. The van der Waals surface area contributed by atoms with Gasteiger partial charge in [-0.05, 0) is 37.1 Å². The minimum absolute atomic E-state index is 0.0209. The summed E-state index contributed by atoms with van der Waals surface area (Å²) < 4.78 is 10.6. The Morgan fingerprint density at radius 1 is 1.12 bits per heavy atom. The molecular formula is C19H19ClN2O4. The molecule has 1 aliphatic carbocycles. The number of halogens is 1. The number of nitrogens with one attached hydrogen (secondary N) is 2. The van der Waals surface area contributed by atoms with Crippen LogP contribution in [0.25, 0.3) is 0 Å². The predicted molar refractivity (Wildman–Crippen MR) is 99.9 cm³/mol. The van der Waals surface area contributed by atoms with Crippen LogP contribution < -0.4 is 20.1 Å². The zero-order valence-electron chi connectivity index (χ0n) is 14.3. The van der Waals surface area contributed by atoms with Gasteiger partial charge in [0.15, 0.2) is 6.61 Å². The van der Waals surface area contributed by atoms with E-state index >= 15 is 0 Å². The minimum atomic E-state index is -0.354. The lowest BCUT2D eigenvalue weighted by atomic mass is 10.3. The van der Waals surface area contributed by atoms with Gasteiger partial charge in [-0.25, -0.2) is 0 Å². The van der Waals surface area contributed by atoms with Gasteiger partial charge in [0, 0.05) is 23.7 Å². The number of methoxy groups -OCH3 is 1. The average molecular weight is 375 g/mol. The number of hydrogen-bond acceptors (Lipinski definition) is 4. The summed E-state index contributed by atoms with van der Waals surface area (Å²) >= 11 is 6.06. The van der Waals surface area contributed by atoms with Crippen LogP contribution in [0.5, 0.6) is 11.5 Å². The van der Waals surface area contributed by atoms with Crippen molar-refractivity contribution in [3.8, 4) is 11.5 Å². The van der Waals surface area contributed by atoms with E-state index in [4.69, 9.17) is 21.1 Å². The van der Waals surface area contributed by atoms with Gasteiger partial charge in [0.1, 0.15) is 11.5 Å². The molecule has 7 heteroatoms. The third kappa shape index (κ3) is 4.89. The number of hydrogen-bond donors (Lipinski definition) is 2. The highest BCUT2D eigenvalue weighted by Crippen LogP contribution is 2.30. The molecular weight excluding hydrogens is 356 g/mol. The molecule has 1 fully saturated rings. The first-order valence-electron chi connectivity index (χ1n) is 8.22. The van der Waals surface area contributed by atoms with Crippen LogP contribution in [0.3, 0.4) is 0 Å². The molecule has 2 amide bonds. The molecule has 0 atom stereocenters. The van der Waals surface area contributed by atoms with E-state index in [0.717, 1.165) is 12.8 Å². The van der Waals surface area contributed by atoms with E-state index < -0.39 is 0 Å². The number of ether oxygens (including phenoxy) is 2. The predicted octanol–water partition coefficient (Wildman–Crippen LogP) is 3.71. The molecule has 0 spiro atoms. The Morgan fingerprint density at radius 2 is 1.92 bits per heavy atom. The highest BCUT2D eigenvalue weighted by atomic mass is 35.5. The van der Waals surface area contributed by atoms with E-state index in [0.29, 0.717) is 27.9 Å². The normalized spacial score (nSPS) is 13.0. The molecule has 3 rings (SSSR count). The first-order chi connectivity index (χ1) is 12.5. The van der Waals surface area contributed by atoms with Crippen molar-refractivity contribution in [3.63, 3.8) is 0 Å². The topological polar surface area (TPSA) is 76.7 Å². The molecule has 0 heterocycles. The van der Waals surface area contributed by atoms with E-state index in [1.165, 1.54) is 7.11 Å². The van der Waals surface area contributed by atoms with E-state index in [1.807, 2.05) is 0 Å². The zero-order valence-corrected chi connectivity index (χ0v) is 15.0. The monoisotopic (exact) mass is 374 g/mol. The van der Waals surface area contributed by atoms with Crippen molar-refractivity contribution in [2.45, 2.75) is 12.8 Å². The standard InChI is InChI=1S/C19H19ClN2O4/c1-25-14-7-8-16(20)17(10-14)22-18(23)11-26-15-4-2-3-13(9-15)21-19(24)12-5-6-12/h2-4,7-10,12H,5-6,11H2,1H3,(H,21,24)(H,22,23). The molecule has 2 aromatic carbocycles. The number of amides is 2. The van der Waals surface area contributed by atoms with E-state index in [9.17, 15) is 9.59 Å². The van der Waals surface area contributed by atoms with Crippen molar-refractivity contribution in [1.29, 1.82) is 0 Å². The summed E-state index contributed by atoms with van der Waals surface area (Å²) in [4.78, 5) is 23.9. The second-order valence-corrected chi connectivity index (χ2v) is 6.38. The maximum Gasteiger partial charge on any atom is 0.262 e. The second-order valence-electron chi connectivity index (χ2n) is 5.97. The van der Waals surface area contributed by atoms with Gasteiger partial charge in [0.25, 0.3) is 5.91 Å². The number of carbonyl (C=O) groups excluding carboxylic acids is 2. The van der Waals surface area contributed by atoms with Crippen molar-refractivity contribution in [3.05, 3.63) is 47.5 Å². The summed E-state index contributed by atoms with van der Waals surface area (Å²) in [6, 6.07) is 11.9. The van der Waals surface area contributed by atoms with Crippen LogP contribution in [0.2, 0.25) is 5.02 Å². The Hall–Kier alpha value is -2.73. The van der Waals surface area contributed by atoms with Crippen molar-refractivity contribution in [2.75, 3.05) is 24.4 Å². The van der Waals surface area contributed by atoms with Crippen molar-refractivity contribution < 1.29 is 19.1 Å². The highest BCUT2D eigenvalue weighted by molar-refractivity contribution is 6.33. The van der Waals surface area contributed by atoms with Gasteiger partial charge in [0.2, 0.25) is 5.91 Å². The summed E-state index contributed by atoms with van der Waals surface area (Å²) in [5.41, 5.74) is 1.10. The van der Waals surface area contributed by atoms with Crippen molar-refractivity contribution in [2.24, 2.45) is 5.92 Å². The van der Waals surface area contributed by atoms with Gasteiger partial charge in [-0.3, -0.25) is 9.59 Å². The molecule has 0 aromatic heterocycles. The molecule has 2 N–H and O–H groups in total. The molecule has 0 unspecified atom stereocenters. The molecule has 2 aromatic rings. The second kappa shape index (κ2) is 8.10. The van der Waals surface area contributed by atoms with Crippen LogP contribution in [0, 0.1) is 5.92 Å². The van der Waals surface area contributed by atoms with Crippen LogP contribution in [0.15, 0.2) is 42.5 Å². The maximum atomic E-state index is 12.1. The fourth-order valence-electron chi connectivity index (χ4n) is 2.32. The third-order valence-electron chi connectivity index (χ3n) is 3.87. The quantitative estimate of drug-likeness (QED) is 0.774. The molecule has 0 aliphatic heterocycles. The molecule has 0 bridgehead atoms. The van der Waals surface area contributed by atoms with Crippen LogP contribution in [-0.4, -0.2) is 25.5 Å². The zero-order chi connectivity index (χ0) is 18.5. The number of anilines is 2. The SMILES string of the molecule is COc1ccc(Cl)c(NC(=O)COc2cccc(NC(=O)C3CC3)c2)c1. The Balaban J connectivity index is 1.55. The van der Waals surface area contributed by atoms with Gasteiger partial charge in [0.05, 0.1) is 17.8 Å². The van der Waals surface area contributed by atoms with Crippen LogP contribution in [0.1, 0.15) is 12.8 Å². The Kier molecular flexibility index (Phi) is 5.63. The molecule has 6 nitrogen and oxygen atoms in total. The number of rotatable bonds is 7. The van der Waals surface area contributed by atoms with Crippen LogP contribution in [-0.2, 0) is 9.59 Å². The minimum Gasteiger partial charge on any atom is -0.497 e. The molecule has 136 valence electrons.